The second-order valence-corrected chi connectivity index (χ2v) is 6.89. The van der Waals surface area contributed by atoms with E-state index < -0.39 is 11.6 Å². The van der Waals surface area contributed by atoms with E-state index in [-0.39, 0.29) is 24.1 Å². The van der Waals surface area contributed by atoms with Crippen LogP contribution in [-0.4, -0.2) is 40.4 Å². The zero-order chi connectivity index (χ0) is 18.8. The van der Waals surface area contributed by atoms with Crippen LogP contribution in [0.15, 0.2) is 42.5 Å². The number of H-pyrrole nitrogens is 1. The maximum Gasteiger partial charge on any atom is 0.238 e. The standard InChI is InChI=1S/C20H20F2N4O/c21-14-7-8-16(15(22)10-14)23-19(27)12-26-9-3-4-13(11-26)20-24-17-5-1-2-6-18(17)25-20/h1-2,5-8,10,13H,3-4,9,11-12H2,(H,23,27)(H,24,25). The number of piperidine rings is 1. The van der Waals surface area contributed by atoms with E-state index in [1.165, 1.54) is 6.07 Å². The fraction of sp³-hybridized carbons (Fsp3) is 0.300. The number of anilines is 1. The van der Waals surface area contributed by atoms with Crippen LogP contribution in [0.3, 0.4) is 0 Å². The van der Waals surface area contributed by atoms with Crippen molar-refractivity contribution in [3.63, 3.8) is 0 Å². The monoisotopic (exact) mass is 370 g/mol. The van der Waals surface area contributed by atoms with Gasteiger partial charge in [0.25, 0.3) is 0 Å². The van der Waals surface area contributed by atoms with Crippen molar-refractivity contribution in [1.82, 2.24) is 14.9 Å². The molecule has 0 saturated carbocycles. The lowest BCUT2D eigenvalue weighted by Crippen LogP contribution is -2.40. The number of amides is 1. The first-order chi connectivity index (χ1) is 13.1. The van der Waals surface area contributed by atoms with Crippen LogP contribution in [0.5, 0.6) is 0 Å². The Balaban J connectivity index is 1.40. The second kappa shape index (κ2) is 7.44. The van der Waals surface area contributed by atoms with E-state index in [9.17, 15) is 13.6 Å². The molecule has 0 bridgehead atoms. The molecule has 1 aliphatic heterocycles. The van der Waals surface area contributed by atoms with Gasteiger partial charge in [-0.2, -0.15) is 0 Å². The van der Waals surface area contributed by atoms with E-state index >= 15 is 0 Å². The summed E-state index contributed by atoms with van der Waals surface area (Å²) in [5.41, 5.74) is 1.94. The van der Waals surface area contributed by atoms with Gasteiger partial charge in [0.2, 0.25) is 5.91 Å². The first-order valence-electron chi connectivity index (χ1n) is 9.00. The highest BCUT2D eigenvalue weighted by atomic mass is 19.1. The molecule has 0 spiro atoms. The van der Waals surface area contributed by atoms with Gasteiger partial charge in [0.15, 0.2) is 0 Å². The molecule has 4 rings (SSSR count). The summed E-state index contributed by atoms with van der Waals surface area (Å²) >= 11 is 0. The zero-order valence-electron chi connectivity index (χ0n) is 14.7. The van der Waals surface area contributed by atoms with Crippen molar-refractivity contribution < 1.29 is 13.6 Å². The number of rotatable bonds is 4. The Bertz CT molecular complexity index is 939. The number of carbonyl (C=O) groups excluding carboxylic acids is 1. The average molecular weight is 370 g/mol. The summed E-state index contributed by atoms with van der Waals surface area (Å²) in [5.74, 6) is -0.601. The summed E-state index contributed by atoms with van der Waals surface area (Å²) in [6.45, 7) is 1.67. The number of carbonyl (C=O) groups is 1. The number of halogens is 2. The SMILES string of the molecule is O=C(CN1CCCC(c2nc3ccccc3[nH]2)C1)Nc1ccc(F)cc1F. The van der Waals surface area contributed by atoms with Crippen LogP contribution in [0.1, 0.15) is 24.6 Å². The number of fused-ring (bicyclic) bond motifs is 1. The second-order valence-electron chi connectivity index (χ2n) is 6.89. The average Bonchev–Trinajstić information content (AvgIpc) is 3.08. The maximum absolute atomic E-state index is 13.7. The third-order valence-corrected chi connectivity index (χ3v) is 4.87. The lowest BCUT2D eigenvalue weighted by molar-refractivity contribution is -0.117. The predicted molar refractivity (Wildman–Crippen MR) is 99.5 cm³/mol. The van der Waals surface area contributed by atoms with E-state index in [0.29, 0.717) is 6.54 Å². The Hall–Kier alpha value is -2.80. The number of imidazole rings is 1. The van der Waals surface area contributed by atoms with Gasteiger partial charge in [-0.1, -0.05) is 12.1 Å². The number of aromatic amines is 1. The molecule has 1 aliphatic rings. The lowest BCUT2D eigenvalue weighted by atomic mass is 9.97. The van der Waals surface area contributed by atoms with Crippen LogP contribution in [0, 0.1) is 11.6 Å². The Morgan fingerprint density at radius 1 is 1.26 bits per heavy atom. The summed E-state index contributed by atoms with van der Waals surface area (Å²) in [6, 6.07) is 11.0. The Kier molecular flexibility index (Phi) is 4.85. The largest absolute Gasteiger partial charge is 0.342 e. The van der Waals surface area contributed by atoms with Gasteiger partial charge in [-0.15, -0.1) is 0 Å². The quantitative estimate of drug-likeness (QED) is 0.737. The number of para-hydroxylation sites is 2. The summed E-state index contributed by atoms with van der Waals surface area (Å²) in [6.07, 6.45) is 1.96. The molecule has 5 nitrogen and oxygen atoms in total. The zero-order valence-corrected chi connectivity index (χ0v) is 14.7. The molecule has 7 heteroatoms. The molecular weight excluding hydrogens is 350 g/mol. The van der Waals surface area contributed by atoms with Crippen molar-refractivity contribution in [2.24, 2.45) is 0 Å². The van der Waals surface area contributed by atoms with Gasteiger partial charge in [-0.3, -0.25) is 9.69 Å². The molecule has 3 aromatic rings. The molecule has 1 aromatic heterocycles. The Labute approximate surface area is 155 Å². The van der Waals surface area contributed by atoms with Gasteiger partial charge < -0.3 is 10.3 Å². The minimum atomic E-state index is -0.776. The molecule has 1 amide bonds. The molecule has 2 heterocycles. The highest BCUT2D eigenvalue weighted by Crippen LogP contribution is 2.26. The van der Waals surface area contributed by atoms with Gasteiger partial charge in [-0.25, -0.2) is 13.8 Å². The molecule has 0 aliphatic carbocycles. The number of aromatic nitrogens is 2. The third-order valence-electron chi connectivity index (χ3n) is 4.87. The fourth-order valence-corrected chi connectivity index (χ4v) is 3.57. The molecule has 2 N–H and O–H groups in total. The molecule has 1 atom stereocenters. The van der Waals surface area contributed by atoms with E-state index in [2.05, 4.69) is 15.3 Å². The number of nitrogens with one attached hydrogen (secondary N) is 2. The van der Waals surface area contributed by atoms with Crippen LogP contribution in [0.2, 0.25) is 0 Å². The van der Waals surface area contributed by atoms with Gasteiger partial charge in [-0.05, 0) is 43.7 Å². The molecule has 1 saturated heterocycles. The smallest absolute Gasteiger partial charge is 0.238 e. The summed E-state index contributed by atoms with van der Waals surface area (Å²) < 4.78 is 26.7. The van der Waals surface area contributed by atoms with Gasteiger partial charge in [0.1, 0.15) is 17.5 Å². The summed E-state index contributed by atoms with van der Waals surface area (Å²) in [7, 11) is 0. The van der Waals surface area contributed by atoms with Crippen molar-refractivity contribution in [1.29, 1.82) is 0 Å². The fourth-order valence-electron chi connectivity index (χ4n) is 3.57. The van der Waals surface area contributed by atoms with Crippen molar-refractivity contribution in [3.05, 3.63) is 59.9 Å². The van der Waals surface area contributed by atoms with E-state index in [0.717, 1.165) is 48.4 Å². The highest BCUT2D eigenvalue weighted by molar-refractivity contribution is 5.92. The summed E-state index contributed by atoms with van der Waals surface area (Å²) in [4.78, 5) is 22.3. The molecule has 140 valence electrons. The first-order valence-corrected chi connectivity index (χ1v) is 9.00. The molecule has 1 fully saturated rings. The van der Waals surface area contributed by atoms with Crippen LogP contribution < -0.4 is 5.32 Å². The highest BCUT2D eigenvalue weighted by Gasteiger charge is 2.25. The van der Waals surface area contributed by atoms with Crippen molar-refractivity contribution >= 4 is 22.6 Å². The number of hydrogen-bond acceptors (Lipinski definition) is 3. The topological polar surface area (TPSA) is 61.0 Å². The van der Waals surface area contributed by atoms with Crippen molar-refractivity contribution in [2.75, 3.05) is 25.0 Å². The molecular formula is C20H20F2N4O. The third kappa shape index (κ3) is 3.98. The molecule has 1 unspecified atom stereocenters. The Morgan fingerprint density at radius 2 is 2.11 bits per heavy atom. The van der Waals surface area contributed by atoms with E-state index in [4.69, 9.17) is 0 Å². The van der Waals surface area contributed by atoms with Crippen molar-refractivity contribution in [2.45, 2.75) is 18.8 Å². The predicted octanol–water partition coefficient (Wildman–Crippen LogP) is 3.66. The number of nitrogens with zero attached hydrogens (tertiary/aromatic N) is 2. The normalized spacial score (nSPS) is 17.9. The molecule has 27 heavy (non-hydrogen) atoms. The lowest BCUT2D eigenvalue weighted by Gasteiger charge is -2.31. The maximum atomic E-state index is 13.7. The number of benzene rings is 2. The molecule has 2 aromatic carbocycles. The minimum absolute atomic E-state index is 0.00718. The minimum Gasteiger partial charge on any atom is -0.342 e. The van der Waals surface area contributed by atoms with E-state index in [1.807, 2.05) is 29.2 Å². The number of likely N-dealkylation sites (tertiary alicyclic amines) is 1. The Morgan fingerprint density at radius 3 is 2.93 bits per heavy atom. The van der Waals surface area contributed by atoms with Crippen LogP contribution in [0.4, 0.5) is 14.5 Å². The summed E-state index contributed by atoms with van der Waals surface area (Å²) in [5, 5.41) is 2.52. The number of hydrogen-bond donors (Lipinski definition) is 2. The van der Waals surface area contributed by atoms with Crippen LogP contribution in [0.25, 0.3) is 11.0 Å². The van der Waals surface area contributed by atoms with E-state index in [1.54, 1.807) is 0 Å². The van der Waals surface area contributed by atoms with Gasteiger partial charge in [0, 0.05) is 18.5 Å². The van der Waals surface area contributed by atoms with Gasteiger partial charge >= 0.3 is 0 Å². The van der Waals surface area contributed by atoms with Crippen molar-refractivity contribution in [3.8, 4) is 0 Å². The van der Waals surface area contributed by atoms with Crippen LogP contribution in [-0.2, 0) is 4.79 Å². The first kappa shape index (κ1) is 17.6. The van der Waals surface area contributed by atoms with Gasteiger partial charge in [0.05, 0.1) is 23.3 Å². The molecule has 0 radical (unpaired) electrons. The van der Waals surface area contributed by atoms with Crippen LogP contribution >= 0.6 is 0 Å².